The minimum Gasteiger partial charge on any atom is -0.490 e. The van der Waals surface area contributed by atoms with Crippen molar-refractivity contribution in [2.75, 3.05) is 44.8 Å². The average Bonchev–Trinajstić information content (AvgIpc) is 3.14. The minimum atomic E-state index is -2.11. The monoisotopic (exact) mass is 620 g/mol. The summed E-state index contributed by atoms with van der Waals surface area (Å²) < 4.78 is 13.1. The Bertz CT molecular complexity index is 1450. The first-order chi connectivity index (χ1) is 21.1. The Balaban J connectivity index is 1.32. The second-order valence-electron chi connectivity index (χ2n) is 14.2. The Labute approximate surface area is 265 Å². The zero-order valence-electron chi connectivity index (χ0n) is 25.8. The molecule has 4 bridgehead atoms. The summed E-state index contributed by atoms with van der Waals surface area (Å²) in [5.41, 5.74) is 2.10. The number of aliphatic carboxylic acids is 1. The maximum atomic E-state index is 12.8. The van der Waals surface area contributed by atoms with E-state index < -0.39 is 11.6 Å². The SMILES string of the molecule is C=C1C[C@](O)(C(=O)O)c2ccc3c(c2)N(C[C@@H]2CC[C@H]2[C@@H]2C[C@H](CCO2)CCN1C)C[C@@]1(CCCc2cc(Cl)ccc21)CO3. The molecule has 7 nitrogen and oxygen atoms in total. The number of carboxylic acids is 1. The Morgan fingerprint density at radius 3 is 2.80 bits per heavy atom. The van der Waals surface area contributed by atoms with Gasteiger partial charge in [0, 0.05) is 55.8 Å². The minimum absolute atomic E-state index is 0.0857. The molecule has 1 saturated heterocycles. The number of carboxylic acid groups (broad SMARTS) is 1. The van der Waals surface area contributed by atoms with Gasteiger partial charge in [-0.2, -0.15) is 0 Å². The normalized spacial score (nSPS) is 33.8. The van der Waals surface area contributed by atoms with Crippen LogP contribution in [0.5, 0.6) is 5.75 Å². The summed E-state index contributed by atoms with van der Waals surface area (Å²) in [5, 5.41) is 23.0. The molecule has 2 aliphatic carbocycles. The van der Waals surface area contributed by atoms with Crippen LogP contribution in [0.3, 0.4) is 0 Å². The zero-order chi connectivity index (χ0) is 30.6. The number of ether oxygens (including phenoxy) is 2. The molecule has 3 aliphatic heterocycles. The maximum Gasteiger partial charge on any atom is 0.340 e. The molecular weight excluding hydrogens is 576 g/mol. The van der Waals surface area contributed by atoms with E-state index in [-0.39, 0.29) is 17.9 Å². The van der Waals surface area contributed by atoms with Crippen LogP contribution >= 0.6 is 11.6 Å². The largest absolute Gasteiger partial charge is 0.490 e. The van der Waals surface area contributed by atoms with Crippen molar-refractivity contribution in [3.05, 3.63) is 70.4 Å². The smallest absolute Gasteiger partial charge is 0.340 e. The van der Waals surface area contributed by atoms with Crippen molar-refractivity contribution in [2.24, 2.45) is 17.8 Å². The van der Waals surface area contributed by atoms with Gasteiger partial charge in [-0.25, -0.2) is 4.79 Å². The fourth-order valence-corrected chi connectivity index (χ4v) is 8.89. The van der Waals surface area contributed by atoms with Crippen LogP contribution in [-0.2, 0) is 27.0 Å². The van der Waals surface area contributed by atoms with Gasteiger partial charge in [0.25, 0.3) is 0 Å². The molecule has 5 aliphatic rings. The van der Waals surface area contributed by atoms with Crippen LogP contribution in [-0.4, -0.2) is 67.1 Å². The molecule has 1 saturated carbocycles. The van der Waals surface area contributed by atoms with Gasteiger partial charge in [-0.3, -0.25) is 0 Å². The van der Waals surface area contributed by atoms with Gasteiger partial charge in [-0.05, 0) is 110 Å². The number of nitrogens with zero attached hydrogens (tertiary/aromatic N) is 2. The second-order valence-corrected chi connectivity index (χ2v) is 14.6. The maximum absolute atomic E-state index is 12.8. The molecule has 6 atom stereocenters. The summed E-state index contributed by atoms with van der Waals surface area (Å²) >= 11 is 6.44. The van der Waals surface area contributed by atoms with Gasteiger partial charge in [-0.1, -0.05) is 30.3 Å². The first kappa shape index (κ1) is 29.9. The molecule has 2 aromatic rings. The van der Waals surface area contributed by atoms with Crippen molar-refractivity contribution < 1.29 is 24.5 Å². The second kappa shape index (κ2) is 11.6. The first-order valence-corrected chi connectivity index (χ1v) is 16.8. The fraction of sp³-hybridized carbons (Fsp3) is 0.583. The number of aryl methyl sites for hydroxylation is 1. The van der Waals surface area contributed by atoms with Gasteiger partial charge in [0.1, 0.15) is 5.75 Å². The molecule has 2 fully saturated rings. The van der Waals surface area contributed by atoms with Crippen LogP contribution in [0, 0.1) is 17.8 Å². The molecule has 2 aromatic carbocycles. The molecule has 1 spiro atoms. The van der Waals surface area contributed by atoms with Crippen molar-refractivity contribution in [3.8, 4) is 5.75 Å². The Morgan fingerprint density at radius 2 is 2.00 bits per heavy atom. The summed E-state index contributed by atoms with van der Waals surface area (Å²) in [6.07, 6.45) is 8.73. The van der Waals surface area contributed by atoms with Crippen molar-refractivity contribution in [2.45, 2.75) is 74.9 Å². The Kier molecular flexibility index (Phi) is 7.87. The molecule has 0 amide bonds. The van der Waals surface area contributed by atoms with Crippen LogP contribution in [0.1, 0.15) is 68.1 Å². The van der Waals surface area contributed by atoms with Gasteiger partial charge in [0.2, 0.25) is 0 Å². The molecule has 236 valence electrons. The number of anilines is 1. The van der Waals surface area contributed by atoms with Crippen molar-refractivity contribution in [1.82, 2.24) is 4.90 Å². The highest BCUT2D eigenvalue weighted by atomic mass is 35.5. The van der Waals surface area contributed by atoms with E-state index in [4.69, 9.17) is 21.1 Å². The van der Waals surface area contributed by atoms with E-state index >= 15 is 0 Å². The Hall–Kier alpha value is -2.74. The quantitative estimate of drug-likeness (QED) is 0.396. The summed E-state index contributed by atoms with van der Waals surface area (Å²) in [6, 6.07) is 11.7. The topological polar surface area (TPSA) is 82.5 Å². The first-order valence-electron chi connectivity index (χ1n) is 16.4. The average molecular weight is 621 g/mol. The molecule has 44 heavy (non-hydrogen) atoms. The molecule has 0 radical (unpaired) electrons. The number of aliphatic hydroxyl groups is 1. The summed E-state index contributed by atoms with van der Waals surface area (Å²) in [4.78, 5) is 17.2. The standard InChI is InChI=1S/C36H45ClN2O5/c1-23-19-36(42,34(40)41)27-6-10-32-31(18-27)39(21-35(22-44-32)13-3-4-25-17-28(37)7-9-30(25)35)20-26-5-8-29(26)33-16-24(12-15-43-33)11-14-38(23)2/h6-7,9-10,17-18,24,26,29,33,42H,1,3-5,8,11-16,19-22H2,2H3,(H,40,41)/t24-,26-,29+,33-,35-,36+/m0/s1. The summed E-state index contributed by atoms with van der Waals surface area (Å²) in [7, 11) is 1.95. The number of rotatable bonds is 1. The number of halogens is 1. The van der Waals surface area contributed by atoms with E-state index in [1.54, 1.807) is 6.07 Å². The predicted molar refractivity (Wildman–Crippen MR) is 171 cm³/mol. The number of benzene rings is 2. The molecule has 0 unspecified atom stereocenters. The third kappa shape index (κ3) is 5.29. The zero-order valence-corrected chi connectivity index (χ0v) is 26.5. The molecule has 2 N–H and O–H groups in total. The van der Waals surface area contributed by atoms with Crippen LogP contribution in [0.2, 0.25) is 5.02 Å². The third-order valence-corrected chi connectivity index (χ3v) is 11.8. The van der Waals surface area contributed by atoms with Crippen molar-refractivity contribution in [3.63, 3.8) is 0 Å². The molecular formula is C36H45ClN2O5. The molecule has 3 heterocycles. The van der Waals surface area contributed by atoms with E-state index in [9.17, 15) is 15.0 Å². The van der Waals surface area contributed by atoms with Crippen LogP contribution in [0.15, 0.2) is 48.7 Å². The van der Waals surface area contributed by atoms with E-state index in [0.29, 0.717) is 35.6 Å². The number of fused-ring (bicyclic) bond motifs is 7. The van der Waals surface area contributed by atoms with Crippen molar-refractivity contribution >= 4 is 23.3 Å². The molecule has 8 heteroatoms. The van der Waals surface area contributed by atoms with Crippen molar-refractivity contribution in [1.29, 1.82) is 0 Å². The highest BCUT2D eigenvalue weighted by Gasteiger charge is 2.46. The summed E-state index contributed by atoms with van der Waals surface area (Å²) in [5.74, 6) is 1.03. The van der Waals surface area contributed by atoms with Crippen LogP contribution in [0.25, 0.3) is 0 Å². The van der Waals surface area contributed by atoms with E-state index in [2.05, 4.69) is 23.6 Å². The van der Waals surface area contributed by atoms with Gasteiger partial charge >= 0.3 is 5.97 Å². The highest BCUT2D eigenvalue weighted by molar-refractivity contribution is 6.30. The predicted octanol–water partition coefficient (Wildman–Crippen LogP) is 6.15. The molecule has 0 aromatic heterocycles. The lowest BCUT2D eigenvalue weighted by molar-refractivity contribution is -0.160. The molecule has 7 rings (SSSR count). The fourth-order valence-electron chi connectivity index (χ4n) is 8.69. The summed E-state index contributed by atoms with van der Waals surface area (Å²) in [6.45, 7) is 7.94. The van der Waals surface area contributed by atoms with Crippen LogP contribution < -0.4 is 9.64 Å². The van der Waals surface area contributed by atoms with Gasteiger partial charge in [-0.15, -0.1) is 0 Å². The highest BCUT2D eigenvalue weighted by Crippen LogP contribution is 2.48. The number of carbonyl (C=O) groups is 1. The number of hydrogen-bond acceptors (Lipinski definition) is 6. The van der Waals surface area contributed by atoms with Gasteiger partial charge in [0.05, 0.1) is 18.4 Å². The van der Waals surface area contributed by atoms with Gasteiger partial charge in [0.15, 0.2) is 5.60 Å². The lowest BCUT2D eigenvalue weighted by Gasteiger charge is -2.48. The van der Waals surface area contributed by atoms with E-state index in [1.807, 2.05) is 30.1 Å². The lowest BCUT2D eigenvalue weighted by atomic mass is 9.67. The van der Waals surface area contributed by atoms with E-state index in [1.165, 1.54) is 17.5 Å². The lowest BCUT2D eigenvalue weighted by Crippen LogP contribution is -2.50. The van der Waals surface area contributed by atoms with Crippen LogP contribution in [0.4, 0.5) is 5.69 Å². The Morgan fingerprint density at radius 1 is 1.14 bits per heavy atom. The van der Waals surface area contributed by atoms with Gasteiger partial charge < -0.3 is 29.5 Å². The number of hydrogen-bond donors (Lipinski definition) is 2. The van der Waals surface area contributed by atoms with E-state index in [0.717, 1.165) is 87.6 Å². The third-order valence-electron chi connectivity index (χ3n) is 11.6.